The molecule has 0 bridgehead atoms. The van der Waals surface area contributed by atoms with Crippen molar-refractivity contribution in [1.82, 2.24) is 4.98 Å². The lowest BCUT2D eigenvalue weighted by Crippen LogP contribution is -2.03. The molecule has 1 N–H and O–H groups in total. The van der Waals surface area contributed by atoms with Gasteiger partial charge in [-0.2, -0.15) is 0 Å². The zero-order valence-corrected chi connectivity index (χ0v) is 10.9. The number of ether oxygens (including phenoxy) is 1. The summed E-state index contributed by atoms with van der Waals surface area (Å²) in [5.74, 6) is -0.694. The zero-order valence-electron chi connectivity index (χ0n) is 10.9. The molecule has 0 aliphatic carbocycles. The molecule has 0 aliphatic rings. The molecule has 108 valence electrons. The molecule has 0 atom stereocenters. The van der Waals surface area contributed by atoms with Gasteiger partial charge in [-0.25, -0.2) is 4.79 Å². The number of carbonyl (C=O) groups is 1. The van der Waals surface area contributed by atoms with Gasteiger partial charge in [0, 0.05) is 24.8 Å². The van der Waals surface area contributed by atoms with Crippen molar-refractivity contribution in [3.63, 3.8) is 0 Å². The Balaban J connectivity index is 1.90. The van der Waals surface area contributed by atoms with Crippen LogP contribution in [-0.2, 0) is 6.42 Å². The third-order valence-corrected chi connectivity index (χ3v) is 2.77. The summed E-state index contributed by atoms with van der Waals surface area (Å²) in [6.45, 7) is 0.322. The molecule has 0 saturated heterocycles. The Morgan fingerprint density at radius 2 is 2.00 bits per heavy atom. The first-order valence-corrected chi connectivity index (χ1v) is 6.11. The number of hydrogen-bond acceptors (Lipinski definition) is 5. The van der Waals surface area contributed by atoms with E-state index < -0.39 is 10.9 Å². The number of pyridine rings is 1. The minimum Gasteiger partial charge on any atom is -0.492 e. The van der Waals surface area contributed by atoms with Crippen molar-refractivity contribution in [3.05, 3.63) is 64.0 Å². The van der Waals surface area contributed by atoms with Gasteiger partial charge in [-0.3, -0.25) is 15.1 Å². The van der Waals surface area contributed by atoms with Crippen LogP contribution in [0.5, 0.6) is 5.75 Å². The SMILES string of the molecule is O=C(O)c1cncc(OCCc2ccc([N+](=O)[O-])cc2)c1. The van der Waals surface area contributed by atoms with Crippen LogP contribution in [0.1, 0.15) is 15.9 Å². The van der Waals surface area contributed by atoms with Crippen LogP contribution in [0.3, 0.4) is 0 Å². The lowest BCUT2D eigenvalue weighted by atomic mass is 10.1. The Labute approximate surface area is 120 Å². The van der Waals surface area contributed by atoms with Crippen molar-refractivity contribution in [3.8, 4) is 5.75 Å². The smallest absolute Gasteiger partial charge is 0.337 e. The van der Waals surface area contributed by atoms with Crippen LogP contribution in [0.2, 0.25) is 0 Å². The highest BCUT2D eigenvalue weighted by molar-refractivity contribution is 5.87. The highest BCUT2D eigenvalue weighted by atomic mass is 16.6. The summed E-state index contributed by atoms with van der Waals surface area (Å²) in [4.78, 5) is 24.6. The third kappa shape index (κ3) is 4.00. The molecule has 0 saturated carbocycles. The number of aromatic carboxylic acids is 1. The number of non-ortho nitro benzene ring substituents is 1. The largest absolute Gasteiger partial charge is 0.492 e. The molecule has 1 aromatic heterocycles. The number of rotatable bonds is 6. The second kappa shape index (κ2) is 6.47. The normalized spacial score (nSPS) is 10.1. The fraction of sp³-hybridized carbons (Fsp3) is 0.143. The first-order valence-electron chi connectivity index (χ1n) is 6.11. The van der Waals surface area contributed by atoms with Crippen LogP contribution in [0, 0.1) is 10.1 Å². The van der Waals surface area contributed by atoms with E-state index in [2.05, 4.69) is 4.98 Å². The molecule has 0 aliphatic heterocycles. The van der Waals surface area contributed by atoms with Crippen LogP contribution in [-0.4, -0.2) is 27.6 Å². The first kappa shape index (κ1) is 14.4. The minimum atomic E-state index is -1.07. The highest BCUT2D eigenvalue weighted by Crippen LogP contribution is 2.14. The zero-order chi connectivity index (χ0) is 15.2. The number of aromatic nitrogens is 1. The topological polar surface area (TPSA) is 103 Å². The number of carboxylic acid groups (broad SMARTS) is 1. The second-order valence-electron chi connectivity index (χ2n) is 4.24. The number of carboxylic acids is 1. The summed E-state index contributed by atoms with van der Waals surface area (Å²) < 4.78 is 5.42. The van der Waals surface area contributed by atoms with Gasteiger partial charge in [0.15, 0.2) is 0 Å². The predicted octanol–water partition coefficient (Wildman–Crippen LogP) is 2.31. The van der Waals surface area contributed by atoms with Gasteiger partial charge < -0.3 is 9.84 Å². The maximum Gasteiger partial charge on any atom is 0.337 e. The van der Waals surface area contributed by atoms with Crippen molar-refractivity contribution < 1.29 is 19.6 Å². The maximum absolute atomic E-state index is 10.8. The van der Waals surface area contributed by atoms with Crippen LogP contribution in [0.25, 0.3) is 0 Å². The minimum absolute atomic E-state index is 0.0398. The van der Waals surface area contributed by atoms with Crippen molar-refractivity contribution in [1.29, 1.82) is 0 Å². The summed E-state index contributed by atoms with van der Waals surface area (Å²) in [5, 5.41) is 19.4. The summed E-state index contributed by atoms with van der Waals surface area (Å²) in [6, 6.07) is 7.58. The molecule has 0 radical (unpaired) electrons. The number of benzene rings is 1. The van der Waals surface area contributed by atoms with Gasteiger partial charge in [0.1, 0.15) is 5.75 Å². The third-order valence-electron chi connectivity index (χ3n) is 2.77. The van der Waals surface area contributed by atoms with Crippen LogP contribution < -0.4 is 4.74 Å². The number of nitro groups is 1. The molecule has 1 heterocycles. The van der Waals surface area contributed by atoms with Crippen molar-refractivity contribution >= 4 is 11.7 Å². The summed E-state index contributed by atoms with van der Waals surface area (Å²) >= 11 is 0. The van der Waals surface area contributed by atoms with E-state index >= 15 is 0 Å². The number of nitrogens with zero attached hydrogens (tertiary/aromatic N) is 2. The van der Waals surface area contributed by atoms with E-state index in [9.17, 15) is 14.9 Å². The van der Waals surface area contributed by atoms with E-state index in [-0.39, 0.29) is 11.3 Å². The molecular formula is C14H12N2O5. The Morgan fingerprint density at radius 1 is 1.29 bits per heavy atom. The van der Waals surface area contributed by atoms with Gasteiger partial charge in [0.2, 0.25) is 0 Å². The standard InChI is InChI=1S/C14H12N2O5/c17-14(18)11-7-13(9-15-8-11)21-6-5-10-1-3-12(4-2-10)16(19)20/h1-4,7-9H,5-6H2,(H,17,18). The molecule has 0 unspecified atom stereocenters. The predicted molar refractivity (Wildman–Crippen MR) is 73.5 cm³/mol. The Hall–Kier alpha value is -2.96. The highest BCUT2D eigenvalue weighted by Gasteiger charge is 2.06. The van der Waals surface area contributed by atoms with E-state index in [4.69, 9.17) is 9.84 Å². The van der Waals surface area contributed by atoms with Gasteiger partial charge in [-0.15, -0.1) is 0 Å². The molecule has 0 amide bonds. The van der Waals surface area contributed by atoms with Gasteiger partial charge in [0.05, 0.1) is 23.3 Å². The molecular weight excluding hydrogens is 276 g/mol. The van der Waals surface area contributed by atoms with Crippen molar-refractivity contribution in [2.24, 2.45) is 0 Å². The number of nitro benzene ring substituents is 1. The maximum atomic E-state index is 10.8. The van der Waals surface area contributed by atoms with Crippen molar-refractivity contribution in [2.45, 2.75) is 6.42 Å². The van der Waals surface area contributed by atoms with Gasteiger partial charge in [-0.05, 0) is 11.6 Å². The molecule has 21 heavy (non-hydrogen) atoms. The lowest BCUT2D eigenvalue weighted by Gasteiger charge is -2.06. The fourth-order valence-electron chi connectivity index (χ4n) is 1.69. The van der Waals surface area contributed by atoms with E-state index in [0.717, 1.165) is 5.56 Å². The monoisotopic (exact) mass is 288 g/mol. The average molecular weight is 288 g/mol. The Bertz CT molecular complexity index is 655. The van der Waals surface area contributed by atoms with E-state index in [0.29, 0.717) is 18.8 Å². The summed E-state index contributed by atoms with van der Waals surface area (Å²) in [5.41, 5.74) is 0.990. The summed E-state index contributed by atoms with van der Waals surface area (Å²) in [6.07, 6.45) is 3.23. The fourth-order valence-corrected chi connectivity index (χ4v) is 1.69. The van der Waals surface area contributed by atoms with E-state index in [1.807, 2.05) is 0 Å². The lowest BCUT2D eigenvalue weighted by molar-refractivity contribution is -0.384. The average Bonchev–Trinajstić information content (AvgIpc) is 2.48. The second-order valence-corrected chi connectivity index (χ2v) is 4.24. The molecule has 2 aromatic rings. The van der Waals surface area contributed by atoms with E-state index in [1.54, 1.807) is 12.1 Å². The van der Waals surface area contributed by atoms with Crippen molar-refractivity contribution in [2.75, 3.05) is 6.61 Å². The molecule has 0 spiro atoms. The van der Waals surface area contributed by atoms with Gasteiger partial charge in [0.25, 0.3) is 5.69 Å². The quantitative estimate of drug-likeness (QED) is 0.646. The summed E-state index contributed by atoms with van der Waals surface area (Å²) in [7, 11) is 0. The Kier molecular flexibility index (Phi) is 4.45. The van der Waals surface area contributed by atoms with Gasteiger partial charge >= 0.3 is 5.97 Å². The van der Waals surface area contributed by atoms with Crippen LogP contribution in [0.15, 0.2) is 42.7 Å². The first-order chi connectivity index (χ1) is 10.1. The molecule has 7 nitrogen and oxygen atoms in total. The van der Waals surface area contributed by atoms with Crippen LogP contribution >= 0.6 is 0 Å². The number of hydrogen-bond donors (Lipinski definition) is 1. The molecule has 0 fully saturated rings. The molecule has 2 rings (SSSR count). The molecule has 7 heteroatoms. The van der Waals surface area contributed by atoms with Crippen LogP contribution in [0.4, 0.5) is 5.69 Å². The van der Waals surface area contributed by atoms with Gasteiger partial charge in [-0.1, -0.05) is 12.1 Å². The van der Waals surface area contributed by atoms with E-state index in [1.165, 1.54) is 30.6 Å². The molecule has 1 aromatic carbocycles. The Morgan fingerprint density at radius 3 is 2.62 bits per heavy atom.